The molecule has 1 aromatic heterocycles. The molecule has 9 nitrogen and oxygen atoms in total. The number of nitrogens with zero attached hydrogens (tertiary/aromatic N) is 4. The number of aromatic nitrogens is 2. The van der Waals surface area contributed by atoms with Crippen molar-refractivity contribution in [2.45, 2.75) is 51.5 Å². The second-order valence-corrected chi connectivity index (χ2v) is 9.83. The van der Waals surface area contributed by atoms with Crippen LogP contribution in [0.5, 0.6) is 0 Å². The van der Waals surface area contributed by atoms with E-state index in [4.69, 9.17) is 4.74 Å². The van der Waals surface area contributed by atoms with Crippen LogP contribution >= 0.6 is 0 Å². The number of hydrogen-bond acceptors (Lipinski definition) is 7. The lowest BCUT2D eigenvalue weighted by Gasteiger charge is -2.39. The van der Waals surface area contributed by atoms with E-state index in [1.54, 1.807) is 56.0 Å². The molecular formula is C23H30N4O5S. The molecule has 1 saturated heterocycles. The average molecular weight is 475 g/mol. The van der Waals surface area contributed by atoms with Crippen molar-refractivity contribution in [3.05, 3.63) is 53.1 Å². The number of carbonyl (C=O) groups is 2. The molecule has 1 aromatic carbocycles. The number of carbonyl (C=O) groups excluding carboxylic acids is 2. The molecule has 0 aliphatic carbocycles. The van der Waals surface area contributed by atoms with Crippen LogP contribution < -0.4 is 0 Å². The van der Waals surface area contributed by atoms with Crippen molar-refractivity contribution >= 4 is 21.9 Å². The molecule has 1 aliphatic rings. The smallest absolute Gasteiger partial charge is 0.342 e. The average Bonchev–Trinajstić information content (AvgIpc) is 2.79. The molecular weight excluding hydrogens is 444 g/mol. The van der Waals surface area contributed by atoms with Crippen molar-refractivity contribution in [1.82, 2.24) is 19.2 Å². The number of rotatable bonds is 7. The van der Waals surface area contributed by atoms with Crippen molar-refractivity contribution in [1.29, 1.82) is 0 Å². The number of aryl methyl sites for hydroxylation is 2. The Morgan fingerprint density at radius 3 is 2.42 bits per heavy atom. The van der Waals surface area contributed by atoms with Gasteiger partial charge in [-0.1, -0.05) is 31.5 Å². The minimum Gasteiger partial charge on any atom is -0.462 e. The van der Waals surface area contributed by atoms with Crippen LogP contribution in [0.4, 0.5) is 0 Å². The van der Waals surface area contributed by atoms with Gasteiger partial charge in [-0.05, 0) is 39.3 Å². The molecule has 1 fully saturated rings. The molecule has 0 bridgehead atoms. The van der Waals surface area contributed by atoms with Gasteiger partial charge in [0.2, 0.25) is 10.0 Å². The van der Waals surface area contributed by atoms with Gasteiger partial charge in [0.15, 0.2) is 0 Å². The Bertz CT molecular complexity index is 1120. The second kappa shape index (κ2) is 10.4. The van der Waals surface area contributed by atoms with Crippen LogP contribution in [-0.2, 0) is 21.2 Å². The molecule has 2 heterocycles. The Balaban J connectivity index is 1.89. The van der Waals surface area contributed by atoms with Crippen molar-refractivity contribution in [3.8, 4) is 0 Å². The summed E-state index contributed by atoms with van der Waals surface area (Å²) in [7, 11) is -3.68. The normalized spacial score (nSPS) is 17.1. The maximum atomic E-state index is 13.5. The Kier molecular flexibility index (Phi) is 7.80. The molecule has 1 unspecified atom stereocenters. The first-order chi connectivity index (χ1) is 15.7. The summed E-state index contributed by atoms with van der Waals surface area (Å²) in [6.07, 6.45) is 1.25. The van der Waals surface area contributed by atoms with Crippen LogP contribution in [0.1, 0.15) is 59.6 Å². The highest BCUT2D eigenvalue weighted by Gasteiger charge is 2.37. The molecule has 0 N–H and O–H groups in total. The summed E-state index contributed by atoms with van der Waals surface area (Å²) in [5.74, 6) is -0.652. The summed E-state index contributed by atoms with van der Waals surface area (Å²) in [6, 6.07) is 7.79. The van der Waals surface area contributed by atoms with Crippen molar-refractivity contribution in [2.24, 2.45) is 0 Å². The van der Waals surface area contributed by atoms with Crippen LogP contribution in [-0.4, -0.2) is 71.8 Å². The summed E-state index contributed by atoms with van der Waals surface area (Å²) in [5, 5.41) is 0. The predicted octanol–water partition coefficient (Wildman–Crippen LogP) is 2.45. The number of benzene rings is 1. The van der Waals surface area contributed by atoms with E-state index >= 15 is 0 Å². The van der Waals surface area contributed by atoms with Crippen molar-refractivity contribution < 1.29 is 22.7 Å². The largest absolute Gasteiger partial charge is 0.462 e. The van der Waals surface area contributed by atoms with E-state index in [0.29, 0.717) is 17.9 Å². The lowest BCUT2D eigenvalue weighted by molar-refractivity contribution is 0.0508. The van der Waals surface area contributed by atoms with Crippen LogP contribution in [0.15, 0.2) is 35.2 Å². The van der Waals surface area contributed by atoms with Crippen LogP contribution in [0.2, 0.25) is 0 Å². The maximum absolute atomic E-state index is 13.5. The highest BCUT2D eigenvalue weighted by Crippen LogP contribution is 2.23. The third kappa shape index (κ3) is 5.22. The predicted molar refractivity (Wildman–Crippen MR) is 122 cm³/mol. The molecule has 33 heavy (non-hydrogen) atoms. The molecule has 0 radical (unpaired) electrons. The molecule has 0 spiro atoms. The van der Waals surface area contributed by atoms with Gasteiger partial charge in [0, 0.05) is 25.7 Å². The standard InChI is InChI=1S/C23H30N4O5S/c1-5-10-19-20(23(29)32-6-2)21(25-17(4)24-19)22(28)26-13-14-27(16(3)15-26)33(30,31)18-11-8-7-9-12-18/h7-9,11-12,16H,5-6,10,13-15H2,1-4H3. The third-order valence-electron chi connectivity index (χ3n) is 5.47. The first kappa shape index (κ1) is 24.8. The summed E-state index contributed by atoms with van der Waals surface area (Å²) < 4.78 is 32.7. The highest BCUT2D eigenvalue weighted by molar-refractivity contribution is 7.89. The minimum absolute atomic E-state index is 0.0102. The number of ether oxygens (including phenoxy) is 1. The molecule has 3 rings (SSSR count). The lowest BCUT2D eigenvalue weighted by Crippen LogP contribution is -2.55. The van der Waals surface area contributed by atoms with Gasteiger partial charge in [0.05, 0.1) is 17.2 Å². The zero-order valence-corrected chi connectivity index (χ0v) is 20.3. The number of hydrogen-bond donors (Lipinski definition) is 0. The van der Waals surface area contributed by atoms with Gasteiger partial charge in [-0.2, -0.15) is 4.31 Å². The number of esters is 1. The Morgan fingerprint density at radius 1 is 1.12 bits per heavy atom. The van der Waals surface area contributed by atoms with E-state index in [0.717, 1.165) is 6.42 Å². The van der Waals surface area contributed by atoms with Gasteiger partial charge >= 0.3 is 5.97 Å². The molecule has 1 aliphatic heterocycles. The third-order valence-corrected chi connectivity index (χ3v) is 7.50. The Labute approximate surface area is 194 Å². The highest BCUT2D eigenvalue weighted by atomic mass is 32.2. The summed E-state index contributed by atoms with van der Waals surface area (Å²) in [5.41, 5.74) is 0.599. The van der Waals surface area contributed by atoms with E-state index in [1.807, 2.05) is 6.92 Å². The minimum atomic E-state index is -3.68. The van der Waals surface area contributed by atoms with Crippen LogP contribution in [0, 0.1) is 6.92 Å². The molecule has 10 heteroatoms. The molecule has 178 valence electrons. The van der Waals surface area contributed by atoms with Gasteiger partial charge in [-0.15, -0.1) is 0 Å². The van der Waals surface area contributed by atoms with Gasteiger partial charge in [-0.3, -0.25) is 4.79 Å². The molecule has 1 amide bonds. The maximum Gasteiger partial charge on any atom is 0.342 e. The van der Waals surface area contributed by atoms with Crippen molar-refractivity contribution in [3.63, 3.8) is 0 Å². The van der Waals surface area contributed by atoms with E-state index < -0.39 is 27.9 Å². The molecule has 0 saturated carbocycles. The van der Waals surface area contributed by atoms with E-state index in [-0.39, 0.29) is 42.4 Å². The first-order valence-corrected chi connectivity index (χ1v) is 12.6. The van der Waals surface area contributed by atoms with E-state index in [2.05, 4.69) is 9.97 Å². The van der Waals surface area contributed by atoms with Crippen molar-refractivity contribution in [2.75, 3.05) is 26.2 Å². The zero-order chi connectivity index (χ0) is 24.2. The number of amides is 1. The molecule has 2 aromatic rings. The Hall–Kier alpha value is -2.85. The topological polar surface area (TPSA) is 110 Å². The zero-order valence-electron chi connectivity index (χ0n) is 19.4. The lowest BCUT2D eigenvalue weighted by atomic mass is 10.1. The van der Waals surface area contributed by atoms with Gasteiger partial charge < -0.3 is 9.64 Å². The summed E-state index contributed by atoms with van der Waals surface area (Å²) in [4.78, 5) is 36.6. The van der Waals surface area contributed by atoms with E-state index in [1.165, 1.54) is 4.31 Å². The summed E-state index contributed by atoms with van der Waals surface area (Å²) >= 11 is 0. The second-order valence-electron chi connectivity index (χ2n) is 7.94. The fourth-order valence-corrected chi connectivity index (χ4v) is 5.62. The van der Waals surface area contributed by atoms with Crippen LogP contribution in [0.3, 0.4) is 0 Å². The fraction of sp³-hybridized carbons (Fsp3) is 0.478. The van der Waals surface area contributed by atoms with Gasteiger partial charge in [0.1, 0.15) is 17.1 Å². The monoisotopic (exact) mass is 474 g/mol. The summed E-state index contributed by atoms with van der Waals surface area (Å²) in [6.45, 7) is 7.77. The fourth-order valence-electron chi connectivity index (χ4n) is 3.98. The quantitative estimate of drug-likeness (QED) is 0.567. The number of sulfonamides is 1. The SMILES string of the molecule is CCCc1nc(C)nc(C(=O)N2CCN(S(=O)(=O)c3ccccc3)C(C)C2)c1C(=O)OCC. The van der Waals surface area contributed by atoms with E-state index in [9.17, 15) is 18.0 Å². The van der Waals surface area contributed by atoms with Gasteiger partial charge in [-0.25, -0.2) is 23.2 Å². The van der Waals surface area contributed by atoms with Gasteiger partial charge in [0.25, 0.3) is 5.91 Å². The Morgan fingerprint density at radius 2 is 1.82 bits per heavy atom. The van der Waals surface area contributed by atoms with Crippen LogP contribution in [0.25, 0.3) is 0 Å². The first-order valence-electron chi connectivity index (χ1n) is 11.1. The number of piperazine rings is 1. The molecule has 1 atom stereocenters.